The molecule has 5 heteroatoms. The van der Waals surface area contributed by atoms with Gasteiger partial charge in [-0.3, -0.25) is 4.79 Å². The van der Waals surface area contributed by atoms with Gasteiger partial charge in [0, 0.05) is 16.9 Å². The van der Waals surface area contributed by atoms with Gasteiger partial charge in [-0.1, -0.05) is 39.3 Å². The van der Waals surface area contributed by atoms with E-state index in [4.69, 9.17) is 10.5 Å². The Bertz CT molecular complexity index is 1050. The lowest BCUT2D eigenvalue weighted by molar-refractivity contribution is -0.160. The highest BCUT2D eigenvalue weighted by Crippen LogP contribution is 2.58. The van der Waals surface area contributed by atoms with Crippen LogP contribution in [0.25, 0.3) is 0 Å². The predicted molar refractivity (Wildman–Crippen MR) is 130 cm³/mol. The van der Waals surface area contributed by atoms with Crippen molar-refractivity contribution in [3.8, 4) is 5.75 Å². The van der Waals surface area contributed by atoms with Gasteiger partial charge in [0.1, 0.15) is 5.75 Å². The number of hydrogen-bond acceptors (Lipinski definition) is 4. The number of rotatable bonds is 5. The first-order valence-electron chi connectivity index (χ1n) is 11.7. The van der Waals surface area contributed by atoms with Gasteiger partial charge in [-0.2, -0.15) is 0 Å². The van der Waals surface area contributed by atoms with Gasteiger partial charge < -0.3 is 20.9 Å². The van der Waals surface area contributed by atoms with Crippen LogP contribution < -0.4 is 15.8 Å². The number of carboxylic acids is 1. The van der Waals surface area contributed by atoms with Crippen molar-refractivity contribution in [1.29, 1.82) is 0 Å². The molecule has 2 aromatic rings. The average Bonchev–Trinajstić information content (AvgIpc) is 2.72. The summed E-state index contributed by atoms with van der Waals surface area (Å²) in [4.78, 5) is 12.3. The molecule has 1 fully saturated rings. The molecular weight excluding hydrogens is 400 g/mol. The quantitative estimate of drug-likeness (QED) is 0.490. The number of methoxy groups -OCH3 is 1. The van der Waals surface area contributed by atoms with Crippen LogP contribution in [0.5, 0.6) is 5.75 Å². The van der Waals surface area contributed by atoms with Crippen molar-refractivity contribution in [3.05, 3.63) is 47.0 Å². The second-order valence-corrected chi connectivity index (χ2v) is 10.5. The second-order valence-electron chi connectivity index (χ2n) is 10.5. The number of nitrogens with one attached hydrogen (secondary N) is 1. The molecule has 0 radical (unpaired) electrons. The van der Waals surface area contributed by atoms with E-state index in [0.717, 1.165) is 66.0 Å². The Balaban J connectivity index is 1.83. The second kappa shape index (κ2) is 8.02. The van der Waals surface area contributed by atoms with Gasteiger partial charge in [-0.25, -0.2) is 0 Å². The summed E-state index contributed by atoms with van der Waals surface area (Å²) in [5.41, 5.74) is 12.3. The van der Waals surface area contributed by atoms with E-state index >= 15 is 0 Å². The van der Waals surface area contributed by atoms with Crippen LogP contribution >= 0.6 is 0 Å². The van der Waals surface area contributed by atoms with Crippen LogP contribution in [-0.2, 0) is 17.6 Å². The first-order chi connectivity index (χ1) is 15.1. The summed E-state index contributed by atoms with van der Waals surface area (Å²) >= 11 is 0. The first kappa shape index (κ1) is 22.5. The number of ether oxygens (including phenoxy) is 1. The minimum absolute atomic E-state index is 0.0358. The Hall–Kier alpha value is -2.69. The van der Waals surface area contributed by atoms with Gasteiger partial charge in [0.05, 0.1) is 18.2 Å². The van der Waals surface area contributed by atoms with Gasteiger partial charge in [0.15, 0.2) is 0 Å². The monoisotopic (exact) mass is 436 g/mol. The summed E-state index contributed by atoms with van der Waals surface area (Å²) in [6.07, 6.45) is 4.34. The van der Waals surface area contributed by atoms with Crippen molar-refractivity contribution in [1.82, 2.24) is 0 Å². The normalized spacial score (nSPS) is 26.9. The molecule has 2 aliphatic rings. The summed E-state index contributed by atoms with van der Waals surface area (Å²) in [7, 11) is 1.68. The van der Waals surface area contributed by atoms with Crippen molar-refractivity contribution in [3.63, 3.8) is 0 Å². The van der Waals surface area contributed by atoms with Crippen molar-refractivity contribution in [2.75, 3.05) is 18.2 Å². The molecule has 5 nitrogen and oxygen atoms in total. The Morgan fingerprint density at radius 3 is 2.59 bits per heavy atom. The molecule has 2 aliphatic carbocycles. The number of aliphatic carboxylic acids is 1. The predicted octanol–water partition coefficient (Wildman–Crippen LogP) is 6.14. The van der Waals surface area contributed by atoms with Crippen LogP contribution in [0.1, 0.15) is 69.6 Å². The van der Waals surface area contributed by atoms with E-state index in [1.165, 1.54) is 5.56 Å². The number of carboxylic acid groups (broad SMARTS) is 1. The summed E-state index contributed by atoms with van der Waals surface area (Å²) in [6, 6.07) is 10.1. The third-order valence-corrected chi connectivity index (χ3v) is 8.11. The maximum absolute atomic E-state index is 12.3. The van der Waals surface area contributed by atoms with Gasteiger partial charge >= 0.3 is 5.97 Å². The number of anilines is 3. The lowest BCUT2D eigenvalue weighted by Gasteiger charge is -2.53. The molecule has 4 rings (SSSR count). The number of fused-ring (bicyclic) bond motifs is 2. The van der Waals surface area contributed by atoms with Crippen LogP contribution in [0.4, 0.5) is 17.1 Å². The number of benzene rings is 2. The Labute approximate surface area is 191 Å². The number of hydrogen-bond donors (Lipinski definition) is 3. The van der Waals surface area contributed by atoms with E-state index in [2.05, 4.69) is 32.2 Å². The fraction of sp³-hybridized carbons (Fsp3) is 0.519. The summed E-state index contributed by atoms with van der Waals surface area (Å²) in [6.45, 7) is 8.53. The highest BCUT2D eigenvalue weighted by Gasteiger charge is 2.54. The Morgan fingerprint density at radius 1 is 1.22 bits per heavy atom. The molecular formula is C27H36N2O3. The third kappa shape index (κ3) is 3.52. The molecule has 0 amide bonds. The minimum atomic E-state index is -0.705. The zero-order valence-corrected chi connectivity index (χ0v) is 19.9. The average molecular weight is 437 g/mol. The molecule has 172 valence electrons. The summed E-state index contributed by atoms with van der Waals surface area (Å²) < 4.78 is 5.54. The SMILES string of the molecule is COc1ccccc1Nc1cc2c(c(N)c1C(C)C)C[C@@H]1[C@](C)(CCC[C@@]1(C)C(=O)O)C2. The number of nitrogens with two attached hydrogens (primary N) is 1. The van der Waals surface area contributed by atoms with E-state index in [1.807, 2.05) is 31.2 Å². The van der Waals surface area contributed by atoms with Gasteiger partial charge in [0.2, 0.25) is 0 Å². The lowest BCUT2D eigenvalue weighted by Crippen LogP contribution is -2.51. The molecule has 0 saturated heterocycles. The van der Waals surface area contributed by atoms with Crippen LogP contribution in [0.2, 0.25) is 0 Å². The number of nitrogen functional groups attached to an aromatic ring is 1. The van der Waals surface area contributed by atoms with Gasteiger partial charge in [-0.05, 0) is 79.2 Å². The molecule has 0 bridgehead atoms. The van der Waals surface area contributed by atoms with Crippen LogP contribution in [0.15, 0.2) is 30.3 Å². The van der Waals surface area contributed by atoms with Crippen molar-refractivity contribution >= 4 is 23.0 Å². The highest BCUT2D eigenvalue weighted by molar-refractivity contribution is 5.78. The van der Waals surface area contributed by atoms with Crippen molar-refractivity contribution < 1.29 is 14.6 Å². The standard InChI is InChI=1S/C27H36N2O3/c1-16(2)23-20(29-19-9-6-7-10-21(19)32-5)13-17-15-26(3)11-8-12-27(4,25(30)31)22(26)14-18(17)24(23)28/h6-7,9-10,13,16,22,29H,8,11-12,14-15,28H2,1-5H3,(H,30,31)/t22-,26-,27-/m1/s1. The summed E-state index contributed by atoms with van der Waals surface area (Å²) in [5, 5.41) is 13.7. The van der Waals surface area contributed by atoms with E-state index < -0.39 is 11.4 Å². The van der Waals surface area contributed by atoms with Crippen molar-refractivity contribution in [2.45, 2.75) is 65.7 Å². The topological polar surface area (TPSA) is 84.6 Å². The molecule has 32 heavy (non-hydrogen) atoms. The smallest absolute Gasteiger partial charge is 0.309 e. The van der Waals surface area contributed by atoms with Gasteiger partial charge in [0.25, 0.3) is 0 Å². The molecule has 1 saturated carbocycles. The number of carbonyl (C=O) groups is 1. The molecule has 0 aliphatic heterocycles. The lowest BCUT2D eigenvalue weighted by atomic mass is 9.50. The minimum Gasteiger partial charge on any atom is -0.495 e. The maximum atomic E-state index is 12.3. The van der Waals surface area contributed by atoms with Crippen molar-refractivity contribution in [2.24, 2.45) is 16.7 Å². The summed E-state index contributed by atoms with van der Waals surface area (Å²) in [5.74, 6) is 0.427. The molecule has 2 aromatic carbocycles. The van der Waals surface area contributed by atoms with Crippen LogP contribution in [-0.4, -0.2) is 18.2 Å². The molecule has 0 unspecified atom stereocenters. The zero-order chi connectivity index (χ0) is 23.3. The van der Waals surface area contributed by atoms with E-state index in [1.54, 1.807) is 7.11 Å². The van der Waals surface area contributed by atoms with Gasteiger partial charge in [-0.15, -0.1) is 0 Å². The Morgan fingerprint density at radius 2 is 1.94 bits per heavy atom. The molecule has 0 heterocycles. The fourth-order valence-corrected chi connectivity index (χ4v) is 6.39. The van der Waals surface area contributed by atoms with E-state index in [9.17, 15) is 9.90 Å². The maximum Gasteiger partial charge on any atom is 0.309 e. The van der Waals surface area contributed by atoms with Crippen LogP contribution in [0, 0.1) is 16.7 Å². The molecule has 4 N–H and O–H groups in total. The van der Waals surface area contributed by atoms with Crippen LogP contribution in [0.3, 0.4) is 0 Å². The first-order valence-corrected chi connectivity index (χ1v) is 11.7. The van der Waals surface area contributed by atoms with E-state index in [0.29, 0.717) is 0 Å². The fourth-order valence-electron chi connectivity index (χ4n) is 6.39. The third-order valence-electron chi connectivity index (χ3n) is 8.11. The number of para-hydroxylation sites is 2. The molecule has 0 spiro atoms. The zero-order valence-electron chi connectivity index (χ0n) is 19.9. The Kier molecular flexibility index (Phi) is 5.64. The largest absolute Gasteiger partial charge is 0.495 e. The molecule has 0 aromatic heterocycles. The molecule has 3 atom stereocenters. The highest BCUT2D eigenvalue weighted by atomic mass is 16.5. The van der Waals surface area contributed by atoms with E-state index in [-0.39, 0.29) is 17.3 Å².